The smallest absolute Gasteiger partial charge is 0.255 e. The number of carbonyl (C=O) groups is 1. The van der Waals surface area contributed by atoms with Gasteiger partial charge in [-0.25, -0.2) is 0 Å². The Hall–Kier alpha value is -1.42. The third-order valence-electron chi connectivity index (χ3n) is 2.91. The summed E-state index contributed by atoms with van der Waals surface area (Å²) in [6.07, 6.45) is 3.41. The van der Waals surface area contributed by atoms with Crippen LogP contribution in [-0.4, -0.2) is 53.9 Å². The third-order valence-corrected chi connectivity index (χ3v) is 2.91. The quantitative estimate of drug-likeness (QED) is 0.700. The molecule has 1 amide bonds. The molecule has 0 N–H and O–H groups in total. The van der Waals surface area contributed by atoms with Crippen molar-refractivity contribution in [3.05, 3.63) is 29.6 Å². The first-order valence-corrected chi connectivity index (χ1v) is 5.56. The number of pyridine rings is 1. The molecule has 1 aliphatic rings. The number of rotatable bonds is 1. The number of carbonyl (C=O) groups excluding carboxylic acids is 1. The van der Waals surface area contributed by atoms with E-state index in [0.29, 0.717) is 5.56 Å². The zero-order valence-corrected chi connectivity index (χ0v) is 9.81. The van der Waals surface area contributed by atoms with Crippen LogP contribution in [0.25, 0.3) is 0 Å². The molecule has 4 heteroatoms. The Labute approximate surface area is 95.9 Å². The molecule has 2 rings (SSSR count). The van der Waals surface area contributed by atoms with Crippen molar-refractivity contribution in [2.75, 3.05) is 33.2 Å². The van der Waals surface area contributed by atoms with Gasteiger partial charge >= 0.3 is 0 Å². The largest absolute Gasteiger partial charge is 0.336 e. The first-order valence-electron chi connectivity index (χ1n) is 5.56. The van der Waals surface area contributed by atoms with E-state index >= 15 is 0 Å². The minimum absolute atomic E-state index is 0.101. The van der Waals surface area contributed by atoms with Crippen molar-refractivity contribution in [2.45, 2.75) is 6.92 Å². The Kier molecular flexibility index (Phi) is 3.19. The van der Waals surface area contributed by atoms with Crippen molar-refractivity contribution >= 4 is 5.91 Å². The van der Waals surface area contributed by atoms with Crippen molar-refractivity contribution in [3.63, 3.8) is 0 Å². The van der Waals surface area contributed by atoms with Gasteiger partial charge in [0, 0.05) is 38.6 Å². The summed E-state index contributed by atoms with van der Waals surface area (Å²) in [6, 6.07) is 1.90. The maximum absolute atomic E-state index is 12.1. The van der Waals surface area contributed by atoms with Crippen LogP contribution < -0.4 is 0 Å². The fourth-order valence-corrected chi connectivity index (χ4v) is 1.86. The molecule has 0 spiro atoms. The molecule has 0 saturated carbocycles. The SMILES string of the molecule is Cc1cncc(C(=O)N2CCN(C)CC2)c1. The predicted octanol–water partition coefficient (Wildman–Crippen LogP) is 0.778. The van der Waals surface area contributed by atoms with Gasteiger partial charge in [-0.2, -0.15) is 0 Å². The van der Waals surface area contributed by atoms with Crippen molar-refractivity contribution in [2.24, 2.45) is 0 Å². The van der Waals surface area contributed by atoms with Gasteiger partial charge in [0.25, 0.3) is 5.91 Å². The Morgan fingerprint density at radius 1 is 1.25 bits per heavy atom. The average Bonchev–Trinajstić information content (AvgIpc) is 2.29. The highest BCUT2D eigenvalue weighted by molar-refractivity contribution is 5.94. The van der Waals surface area contributed by atoms with E-state index in [4.69, 9.17) is 0 Å². The molecule has 0 atom stereocenters. The third kappa shape index (κ3) is 2.39. The van der Waals surface area contributed by atoms with E-state index in [2.05, 4.69) is 16.9 Å². The van der Waals surface area contributed by atoms with Crippen LogP contribution in [0, 0.1) is 6.92 Å². The number of hydrogen-bond acceptors (Lipinski definition) is 3. The average molecular weight is 219 g/mol. The van der Waals surface area contributed by atoms with E-state index in [9.17, 15) is 4.79 Å². The maximum atomic E-state index is 12.1. The zero-order valence-electron chi connectivity index (χ0n) is 9.81. The van der Waals surface area contributed by atoms with Crippen LogP contribution in [0.2, 0.25) is 0 Å². The van der Waals surface area contributed by atoms with Gasteiger partial charge in [-0.3, -0.25) is 9.78 Å². The van der Waals surface area contributed by atoms with Crippen molar-refractivity contribution in [1.29, 1.82) is 0 Å². The number of nitrogens with zero attached hydrogens (tertiary/aromatic N) is 3. The maximum Gasteiger partial charge on any atom is 0.255 e. The first-order chi connectivity index (χ1) is 7.66. The molecule has 0 radical (unpaired) electrons. The standard InChI is InChI=1S/C12H17N3O/c1-10-7-11(9-13-8-10)12(16)15-5-3-14(2)4-6-15/h7-9H,3-6H2,1-2H3. The molecule has 1 fully saturated rings. The summed E-state index contributed by atoms with van der Waals surface area (Å²) in [5.74, 6) is 0.101. The monoisotopic (exact) mass is 219 g/mol. The highest BCUT2D eigenvalue weighted by Gasteiger charge is 2.20. The number of aryl methyl sites for hydroxylation is 1. The second-order valence-electron chi connectivity index (χ2n) is 4.35. The van der Waals surface area contributed by atoms with Crippen LogP contribution in [0.1, 0.15) is 15.9 Å². The highest BCUT2D eigenvalue weighted by Crippen LogP contribution is 2.08. The summed E-state index contributed by atoms with van der Waals surface area (Å²) < 4.78 is 0. The van der Waals surface area contributed by atoms with E-state index in [0.717, 1.165) is 31.7 Å². The Morgan fingerprint density at radius 2 is 1.94 bits per heavy atom. The van der Waals surface area contributed by atoms with E-state index in [1.54, 1.807) is 12.4 Å². The first kappa shape index (κ1) is 11.1. The summed E-state index contributed by atoms with van der Waals surface area (Å²) in [5.41, 5.74) is 1.73. The van der Waals surface area contributed by atoms with Gasteiger partial charge in [-0.1, -0.05) is 0 Å². The van der Waals surface area contributed by atoms with Gasteiger partial charge in [-0.05, 0) is 25.6 Å². The van der Waals surface area contributed by atoms with Crippen LogP contribution in [0.4, 0.5) is 0 Å². The molecule has 4 nitrogen and oxygen atoms in total. The number of aromatic nitrogens is 1. The second kappa shape index (κ2) is 4.61. The fourth-order valence-electron chi connectivity index (χ4n) is 1.86. The molecule has 16 heavy (non-hydrogen) atoms. The molecule has 1 aromatic rings. The van der Waals surface area contributed by atoms with Crippen molar-refractivity contribution in [1.82, 2.24) is 14.8 Å². The van der Waals surface area contributed by atoms with Crippen LogP contribution in [0.15, 0.2) is 18.5 Å². The van der Waals surface area contributed by atoms with Gasteiger partial charge in [0.15, 0.2) is 0 Å². The second-order valence-corrected chi connectivity index (χ2v) is 4.35. The van der Waals surface area contributed by atoms with E-state index in [1.165, 1.54) is 0 Å². The van der Waals surface area contributed by atoms with Gasteiger partial charge in [-0.15, -0.1) is 0 Å². The molecule has 0 unspecified atom stereocenters. The Morgan fingerprint density at radius 3 is 2.56 bits per heavy atom. The van der Waals surface area contributed by atoms with Crippen molar-refractivity contribution in [3.8, 4) is 0 Å². The van der Waals surface area contributed by atoms with E-state index in [-0.39, 0.29) is 5.91 Å². The topological polar surface area (TPSA) is 36.4 Å². The van der Waals surface area contributed by atoms with E-state index < -0.39 is 0 Å². The molecule has 1 saturated heterocycles. The molecule has 2 heterocycles. The summed E-state index contributed by atoms with van der Waals surface area (Å²) in [5, 5.41) is 0. The van der Waals surface area contributed by atoms with Gasteiger partial charge < -0.3 is 9.80 Å². The van der Waals surface area contributed by atoms with Gasteiger partial charge in [0.2, 0.25) is 0 Å². The Balaban J connectivity index is 2.08. The minimum Gasteiger partial charge on any atom is -0.336 e. The molecular formula is C12H17N3O. The molecule has 1 aromatic heterocycles. The summed E-state index contributed by atoms with van der Waals surface area (Å²) >= 11 is 0. The number of likely N-dealkylation sites (N-methyl/N-ethyl adjacent to an activating group) is 1. The minimum atomic E-state index is 0.101. The molecule has 86 valence electrons. The van der Waals surface area contributed by atoms with Crippen LogP contribution in [0.5, 0.6) is 0 Å². The normalized spacial score (nSPS) is 17.5. The lowest BCUT2D eigenvalue weighted by molar-refractivity contribution is 0.0663. The van der Waals surface area contributed by atoms with Gasteiger partial charge in [0.05, 0.1) is 5.56 Å². The van der Waals surface area contributed by atoms with Crippen LogP contribution in [0.3, 0.4) is 0 Å². The lowest BCUT2D eigenvalue weighted by Crippen LogP contribution is -2.47. The lowest BCUT2D eigenvalue weighted by atomic mass is 10.2. The summed E-state index contributed by atoms with van der Waals surface area (Å²) in [6.45, 7) is 5.47. The fraction of sp³-hybridized carbons (Fsp3) is 0.500. The molecule has 0 aromatic carbocycles. The van der Waals surface area contributed by atoms with Crippen molar-refractivity contribution < 1.29 is 4.79 Å². The van der Waals surface area contributed by atoms with Crippen LogP contribution >= 0.6 is 0 Å². The zero-order chi connectivity index (χ0) is 11.5. The molecular weight excluding hydrogens is 202 g/mol. The molecule has 0 aliphatic carbocycles. The molecule has 1 aliphatic heterocycles. The lowest BCUT2D eigenvalue weighted by Gasteiger charge is -2.32. The Bertz CT molecular complexity index is 384. The van der Waals surface area contributed by atoms with Gasteiger partial charge in [0.1, 0.15) is 0 Å². The number of piperazine rings is 1. The summed E-state index contributed by atoms with van der Waals surface area (Å²) in [4.78, 5) is 20.3. The molecule has 0 bridgehead atoms. The summed E-state index contributed by atoms with van der Waals surface area (Å²) in [7, 11) is 2.08. The highest BCUT2D eigenvalue weighted by atomic mass is 16.2. The number of hydrogen-bond donors (Lipinski definition) is 0. The van der Waals surface area contributed by atoms with E-state index in [1.807, 2.05) is 17.9 Å². The number of amides is 1. The predicted molar refractivity (Wildman–Crippen MR) is 62.4 cm³/mol. The van der Waals surface area contributed by atoms with Crippen LogP contribution in [-0.2, 0) is 0 Å².